The average Bonchev–Trinajstić information content (AvgIpc) is 2.67. The van der Waals surface area contributed by atoms with E-state index in [1.165, 1.54) is 0 Å². The maximum Gasteiger partial charge on any atom is 0.140 e. The van der Waals surface area contributed by atoms with Crippen LogP contribution in [0.25, 0.3) is 0 Å². The number of phenols is 1. The van der Waals surface area contributed by atoms with E-state index in [0.717, 1.165) is 11.1 Å². The first-order chi connectivity index (χ1) is 13.3. The summed E-state index contributed by atoms with van der Waals surface area (Å²) in [6.45, 7) is 4.76. The SMILES string of the molecule is CC(C)(N)COCc1ccc(C(O)(c2ccccc2)c2cccc(O)c2)cc1. The Morgan fingerprint density at radius 2 is 1.43 bits per heavy atom. The van der Waals surface area contributed by atoms with Gasteiger partial charge in [-0.3, -0.25) is 0 Å². The number of ether oxygens (including phenoxy) is 1. The molecule has 0 bridgehead atoms. The molecule has 4 heteroatoms. The minimum atomic E-state index is -1.38. The Kier molecular flexibility index (Phi) is 5.84. The fraction of sp³-hybridized carbons (Fsp3) is 0.250. The molecular formula is C24H27NO3. The maximum absolute atomic E-state index is 11.8. The first-order valence-electron chi connectivity index (χ1n) is 9.32. The molecule has 0 spiro atoms. The molecule has 0 aliphatic carbocycles. The van der Waals surface area contributed by atoms with Crippen molar-refractivity contribution in [2.24, 2.45) is 5.73 Å². The number of phenolic OH excluding ortho intramolecular Hbond substituents is 1. The van der Waals surface area contributed by atoms with Gasteiger partial charge in [0.15, 0.2) is 0 Å². The molecule has 0 heterocycles. The molecule has 0 fully saturated rings. The van der Waals surface area contributed by atoms with E-state index in [0.29, 0.717) is 24.3 Å². The van der Waals surface area contributed by atoms with E-state index in [1.807, 2.05) is 74.5 Å². The second kappa shape index (κ2) is 8.15. The van der Waals surface area contributed by atoms with Gasteiger partial charge >= 0.3 is 0 Å². The number of aliphatic hydroxyl groups is 1. The lowest BCUT2D eigenvalue weighted by molar-refractivity contribution is 0.0849. The molecule has 146 valence electrons. The quantitative estimate of drug-likeness (QED) is 0.545. The van der Waals surface area contributed by atoms with Crippen LogP contribution in [0.2, 0.25) is 0 Å². The van der Waals surface area contributed by atoms with E-state index in [-0.39, 0.29) is 11.3 Å². The molecule has 1 atom stereocenters. The first kappa shape index (κ1) is 20.1. The number of aromatic hydroxyl groups is 1. The summed E-state index contributed by atoms with van der Waals surface area (Å²) in [7, 11) is 0. The summed E-state index contributed by atoms with van der Waals surface area (Å²) in [5.74, 6) is 0.112. The van der Waals surface area contributed by atoms with E-state index in [4.69, 9.17) is 10.5 Å². The molecule has 0 aliphatic heterocycles. The van der Waals surface area contributed by atoms with Crippen molar-refractivity contribution in [2.45, 2.75) is 31.6 Å². The summed E-state index contributed by atoms with van der Waals surface area (Å²) in [5.41, 5.74) is 7.24. The highest BCUT2D eigenvalue weighted by Crippen LogP contribution is 2.37. The molecule has 4 nitrogen and oxygen atoms in total. The molecule has 1 unspecified atom stereocenters. The van der Waals surface area contributed by atoms with Gasteiger partial charge < -0.3 is 20.7 Å². The lowest BCUT2D eigenvalue weighted by Gasteiger charge is -2.30. The zero-order valence-electron chi connectivity index (χ0n) is 16.3. The lowest BCUT2D eigenvalue weighted by Crippen LogP contribution is -2.37. The molecule has 0 radical (unpaired) electrons. The normalized spacial score (nSPS) is 13.9. The number of nitrogens with two attached hydrogens (primary N) is 1. The van der Waals surface area contributed by atoms with Gasteiger partial charge in [-0.2, -0.15) is 0 Å². The van der Waals surface area contributed by atoms with Gasteiger partial charge in [0.2, 0.25) is 0 Å². The van der Waals surface area contributed by atoms with Crippen LogP contribution in [0.1, 0.15) is 36.1 Å². The molecule has 0 saturated heterocycles. The van der Waals surface area contributed by atoms with Crippen LogP contribution in [-0.2, 0) is 16.9 Å². The Morgan fingerprint density at radius 3 is 2.04 bits per heavy atom. The molecule has 0 saturated carbocycles. The first-order valence-corrected chi connectivity index (χ1v) is 9.32. The van der Waals surface area contributed by atoms with Crippen molar-refractivity contribution in [1.82, 2.24) is 0 Å². The smallest absolute Gasteiger partial charge is 0.140 e. The van der Waals surface area contributed by atoms with Gasteiger partial charge in [-0.05, 0) is 48.2 Å². The predicted octanol–water partition coefficient (Wildman–Crippen LogP) is 3.93. The largest absolute Gasteiger partial charge is 0.508 e. The highest BCUT2D eigenvalue weighted by Gasteiger charge is 2.33. The molecule has 0 aliphatic rings. The van der Waals surface area contributed by atoms with E-state index >= 15 is 0 Å². The highest BCUT2D eigenvalue weighted by atomic mass is 16.5. The molecular weight excluding hydrogens is 350 g/mol. The standard InChI is InChI=1S/C24H27NO3/c1-23(2,25)17-28-16-18-11-13-20(14-12-18)24(27,19-7-4-3-5-8-19)21-9-6-10-22(26)15-21/h3-15,26-27H,16-17,25H2,1-2H3. The molecule has 0 aromatic heterocycles. The summed E-state index contributed by atoms with van der Waals surface area (Å²) in [4.78, 5) is 0. The summed E-state index contributed by atoms with van der Waals surface area (Å²) in [5, 5.41) is 21.7. The van der Waals surface area contributed by atoms with Crippen LogP contribution < -0.4 is 5.73 Å². The van der Waals surface area contributed by atoms with E-state index in [2.05, 4.69) is 0 Å². The van der Waals surface area contributed by atoms with Crippen LogP contribution in [0.4, 0.5) is 0 Å². The topological polar surface area (TPSA) is 75.7 Å². The third kappa shape index (κ3) is 4.60. The van der Waals surface area contributed by atoms with E-state index < -0.39 is 5.60 Å². The predicted molar refractivity (Wildman–Crippen MR) is 111 cm³/mol. The van der Waals surface area contributed by atoms with Gasteiger partial charge in [-0.1, -0.05) is 66.7 Å². The van der Waals surface area contributed by atoms with Crippen molar-refractivity contribution in [3.63, 3.8) is 0 Å². The van der Waals surface area contributed by atoms with Crippen molar-refractivity contribution in [3.8, 4) is 5.75 Å². The molecule has 3 rings (SSSR count). The van der Waals surface area contributed by atoms with Crippen LogP contribution >= 0.6 is 0 Å². The Morgan fingerprint density at radius 1 is 0.821 bits per heavy atom. The lowest BCUT2D eigenvalue weighted by atomic mass is 9.80. The van der Waals surface area contributed by atoms with Crippen molar-refractivity contribution in [2.75, 3.05) is 6.61 Å². The molecule has 4 N–H and O–H groups in total. The summed E-state index contributed by atoms with van der Waals surface area (Å²) < 4.78 is 5.67. The second-order valence-electron chi connectivity index (χ2n) is 7.81. The average molecular weight is 377 g/mol. The molecule has 3 aromatic rings. The van der Waals surface area contributed by atoms with Crippen molar-refractivity contribution < 1.29 is 14.9 Å². The fourth-order valence-electron chi connectivity index (χ4n) is 3.18. The third-order valence-electron chi connectivity index (χ3n) is 4.57. The maximum atomic E-state index is 11.8. The van der Waals surface area contributed by atoms with Gasteiger partial charge in [-0.25, -0.2) is 0 Å². The van der Waals surface area contributed by atoms with Crippen molar-refractivity contribution >= 4 is 0 Å². The number of rotatable bonds is 7. The van der Waals surface area contributed by atoms with Gasteiger partial charge in [0.05, 0.1) is 13.2 Å². The van der Waals surface area contributed by atoms with Crippen LogP contribution in [0, 0.1) is 0 Å². The van der Waals surface area contributed by atoms with E-state index in [1.54, 1.807) is 18.2 Å². The van der Waals surface area contributed by atoms with Crippen LogP contribution in [0.15, 0.2) is 78.9 Å². The van der Waals surface area contributed by atoms with Gasteiger partial charge in [-0.15, -0.1) is 0 Å². The van der Waals surface area contributed by atoms with Gasteiger partial charge in [0, 0.05) is 5.54 Å². The Hall–Kier alpha value is -2.66. The minimum Gasteiger partial charge on any atom is -0.508 e. The van der Waals surface area contributed by atoms with Crippen LogP contribution in [0.3, 0.4) is 0 Å². The number of hydrogen-bond donors (Lipinski definition) is 3. The summed E-state index contributed by atoms with van der Waals surface area (Å²) in [6.07, 6.45) is 0. The van der Waals surface area contributed by atoms with Crippen LogP contribution in [-0.4, -0.2) is 22.4 Å². The molecule has 0 amide bonds. The monoisotopic (exact) mass is 377 g/mol. The van der Waals surface area contributed by atoms with Gasteiger partial charge in [0.25, 0.3) is 0 Å². The summed E-state index contributed by atoms with van der Waals surface area (Å²) in [6, 6.07) is 23.8. The Labute approximate surface area is 166 Å². The minimum absolute atomic E-state index is 0.112. The second-order valence-corrected chi connectivity index (χ2v) is 7.81. The molecule has 28 heavy (non-hydrogen) atoms. The van der Waals surface area contributed by atoms with E-state index in [9.17, 15) is 10.2 Å². The highest BCUT2D eigenvalue weighted by molar-refractivity contribution is 5.48. The number of hydrogen-bond acceptors (Lipinski definition) is 4. The van der Waals surface area contributed by atoms with Crippen LogP contribution in [0.5, 0.6) is 5.75 Å². The van der Waals surface area contributed by atoms with Crippen molar-refractivity contribution in [1.29, 1.82) is 0 Å². The van der Waals surface area contributed by atoms with Crippen molar-refractivity contribution in [3.05, 3.63) is 101 Å². The Balaban J connectivity index is 1.93. The Bertz CT molecular complexity index is 901. The zero-order chi connectivity index (χ0) is 20.2. The number of benzene rings is 3. The van der Waals surface area contributed by atoms with Gasteiger partial charge in [0.1, 0.15) is 11.4 Å². The third-order valence-corrected chi connectivity index (χ3v) is 4.57. The fourth-order valence-corrected chi connectivity index (χ4v) is 3.18. The molecule has 3 aromatic carbocycles. The summed E-state index contributed by atoms with van der Waals surface area (Å²) >= 11 is 0. The zero-order valence-corrected chi connectivity index (χ0v) is 16.3.